The molecular formula is C9H11F2N3O2. The number of hydrogen-bond donors (Lipinski definition) is 4. The van der Waals surface area contributed by atoms with Crippen molar-refractivity contribution < 1.29 is 18.7 Å². The molecule has 16 heavy (non-hydrogen) atoms. The highest BCUT2D eigenvalue weighted by molar-refractivity contribution is 5.79. The normalized spacial score (nSPS) is 12.2. The Morgan fingerprint density at radius 3 is 2.69 bits per heavy atom. The maximum atomic E-state index is 13.2. The molecule has 0 heterocycles. The van der Waals surface area contributed by atoms with Gasteiger partial charge in [0.15, 0.2) is 11.6 Å². The third-order valence-corrected chi connectivity index (χ3v) is 1.93. The summed E-state index contributed by atoms with van der Waals surface area (Å²) in [5.41, 5.74) is 9.83. The van der Waals surface area contributed by atoms with Crippen molar-refractivity contribution in [3.8, 4) is 0 Å². The summed E-state index contributed by atoms with van der Waals surface area (Å²) in [4.78, 5) is 10.5. The molecule has 6 N–H and O–H groups in total. The fourth-order valence-electron chi connectivity index (χ4n) is 1.04. The molecule has 5 nitrogen and oxygen atoms in total. The second-order valence-corrected chi connectivity index (χ2v) is 3.12. The Bertz CT molecular complexity index is 412. The van der Waals surface area contributed by atoms with E-state index in [1.165, 1.54) is 0 Å². The predicted octanol–water partition coefficient (Wildman–Crippen LogP) is -0.195. The largest absolute Gasteiger partial charge is 0.397 e. The van der Waals surface area contributed by atoms with Gasteiger partial charge < -0.3 is 21.9 Å². The fraction of sp³-hybridized carbons (Fsp3) is 0.222. The molecule has 0 aliphatic heterocycles. The summed E-state index contributed by atoms with van der Waals surface area (Å²) in [6.45, 7) is -0.347. The minimum atomic E-state index is -1.50. The average Bonchev–Trinajstić information content (AvgIpc) is 2.23. The number of aliphatic hydroxyl groups excluding tert-OH is 1. The molecule has 0 saturated carbocycles. The Balaban J connectivity index is 2.81. The summed E-state index contributed by atoms with van der Waals surface area (Å²) in [5, 5.41) is 11.4. The number of amides is 1. The molecule has 1 aromatic carbocycles. The highest BCUT2D eigenvalue weighted by Gasteiger charge is 2.15. The highest BCUT2D eigenvalue weighted by Crippen LogP contribution is 2.24. The lowest BCUT2D eigenvalue weighted by Gasteiger charge is -2.12. The third kappa shape index (κ3) is 2.57. The zero-order valence-corrected chi connectivity index (χ0v) is 8.21. The van der Waals surface area contributed by atoms with Gasteiger partial charge in [0.2, 0.25) is 5.91 Å². The van der Waals surface area contributed by atoms with Crippen molar-refractivity contribution in [3.63, 3.8) is 0 Å². The molecule has 0 aliphatic rings. The van der Waals surface area contributed by atoms with Crippen molar-refractivity contribution in [1.29, 1.82) is 0 Å². The maximum absolute atomic E-state index is 13.2. The lowest BCUT2D eigenvalue weighted by atomic mass is 10.2. The molecule has 0 aliphatic carbocycles. The van der Waals surface area contributed by atoms with Gasteiger partial charge in [-0.2, -0.15) is 0 Å². The third-order valence-electron chi connectivity index (χ3n) is 1.93. The second-order valence-electron chi connectivity index (χ2n) is 3.12. The number of primary amides is 1. The van der Waals surface area contributed by atoms with Crippen LogP contribution in [0.3, 0.4) is 0 Å². The Hall–Kier alpha value is -1.89. The van der Waals surface area contributed by atoms with E-state index in [-0.39, 0.29) is 17.9 Å². The lowest BCUT2D eigenvalue weighted by molar-refractivity contribution is -0.125. The summed E-state index contributed by atoms with van der Waals surface area (Å²) in [7, 11) is 0. The van der Waals surface area contributed by atoms with Gasteiger partial charge >= 0.3 is 0 Å². The first kappa shape index (κ1) is 12.2. The number of halogens is 2. The van der Waals surface area contributed by atoms with Crippen LogP contribution < -0.4 is 16.8 Å². The first-order valence-corrected chi connectivity index (χ1v) is 4.38. The van der Waals surface area contributed by atoms with Gasteiger partial charge in [-0.05, 0) is 12.1 Å². The van der Waals surface area contributed by atoms with Gasteiger partial charge in [0.1, 0.15) is 6.10 Å². The Morgan fingerprint density at radius 1 is 1.50 bits per heavy atom. The van der Waals surface area contributed by atoms with Gasteiger partial charge in [0, 0.05) is 0 Å². The number of rotatable bonds is 4. The van der Waals surface area contributed by atoms with Crippen LogP contribution in [0.5, 0.6) is 0 Å². The quantitative estimate of drug-likeness (QED) is 0.539. The lowest BCUT2D eigenvalue weighted by Crippen LogP contribution is -2.34. The Kier molecular flexibility index (Phi) is 3.62. The molecule has 0 aromatic heterocycles. The van der Waals surface area contributed by atoms with Crippen molar-refractivity contribution in [2.24, 2.45) is 5.73 Å². The number of hydrogen-bond acceptors (Lipinski definition) is 4. The van der Waals surface area contributed by atoms with E-state index >= 15 is 0 Å². The van der Waals surface area contributed by atoms with Gasteiger partial charge in [0.05, 0.1) is 17.9 Å². The zero-order chi connectivity index (χ0) is 12.3. The molecule has 1 atom stereocenters. The highest BCUT2D eigenvalue weighted by atomic mass is 19.2. The average molecular weight is 231 g/mol. The van der Waals surface area contributed by atoms with Crippen LogP contribution in [0.25, 0.3) is 0 Å². The van der Waals surface area contributed by atoms with Crippen molar-refractivity contribution in [1.82, 2.24) is 0 Å². The van der Waals surface area contributed by atoms with Crippen molar-refractivity contribution in [2.75, 3.05) is 17.6 Å². The first-order valence-electron chi connectivity index (χ1n) is 4.38. The number of nitrogens with one attached hydrogen (secondary N) is 1. The number of carbonyl (C=O) groups excluding carboxylic acids is 1. The zero-order valence-electron chi connectivity index (χ0n) is 8.21. The number of anilines is 2. The second kappa shape index (κ2) is 4.75. The number of carbonyl (C=O) groups is 1. The standard InChI is InChI=1S/C9H11F2N3O2/c10-4-1-2-5(12)8(7(4)11)14-3-6(15)9(13)16/h1-2,6,14-15H,3,12H2,(H2,13,16). The molecule has 88 valence electrons. The van der Waals surface area contributed by atoms with E-state index in [9.17, 15) is 13.6 Å². The summed E-state index contributed by atoms with van der Waals surface area (Å²) < 4.78 is 26.0. The summed E-state index contributed by atoms with van der Waals surface area (Å²) in [6, 6.07) is 2.04. The fourth-order valence-corrected chi connectivity index (χ4v) is 1.04. The summed E-state index contributed by atoms with van der Waals surface area (Å²) in [5.74, 6) is -3.22. The number of nitrogen functional groups attached to an aromatic ring is 1. The summed E-state index contributed by atoms with van der Waals surface area (Å²) >= 11 is 0. The molecule has 1 unspecified atom stereocenters. The molecule has 0 spiro atoms. The van der Waals surface area contributed by atoms with Crippen LogP contribution in [0.15, 0.2) is 12.1 Å². The molecule has 0 fully saturated rings. The van der Waals surface area contributed by atoms with Gasteiger partial charge in [-0.3, -0.25) is 4.79 Å². The predicted molar refractivity (Wildman–Crippen MR) is 54.5 cm³/mol. The van der Waals surface area contributed by atoms with Crippen LogP contribution in [0.2, 0.25) is 0 Å². The molecule has 1 rings (SSSR count). The van der Waals surface area contributed by atoms with Gasteiger partial charge in [0.25, 0.3) is 0 Å². The molecule has 1 aromatic rings. The van der Waals surface area contributed by atoms with Crippen LogP contribution in [0.4, 0.5) is 20.2 Å². The molecular weight excluding hydrogens is 220 g/mol. The van der Waals surface area contributed by atoms with E-state index in [0.717, 1.165) is 12.1 Å². The first-order chi connectivity index (χ1) is 7.43. The maximum Gasteiger partial charge on any atom is 0.248 e. The van der Waals surface area contributed by atoms with Crippen LogP contribution in [-0.2, 0) is 4.79 Å². The number of benzene rings is 1. The van der Waals surface area contributed by atoms with Crippen molar-refractivity contribution >= 4 is 17.3 Å². The summed E-state index contributed by atoms with van der Waals surface area (Å²) in [6.07, 6.45) is -1.50. The SMILES string of the molecule is NC(=O)C(O)CNc1c(N)ccc(F)c1F. The van der Waals surface area contributed by atoms with E-state index in [4.69, 9.17) is 16.6 Å². The van der Waals surface area contributed by atoms with Gasteiger partial charge in [-0.25, -0.2) is 8.78 Å². The van der Waals surface area contributed by atoms with Crippen molar-refractivity contribution in [3.05, 3.63) is 23.8 Å². The van der Waals surface area contributed by atoms with E-state index < -0.39 is 23.6 Å². The minimum Gasteiger partial charge on any atom is -0.397 e. The van der Waals surface area contributed by atoms with Crippen molar-refractivity contribution in [2.45, 2.75) is 6.10 Å². The van der Waals surface area contributed by atoms with Crippen LogP contribution in [0, 0.1) is 11.6 Å². The molecule has 0 saturated heterocycles. The van der Waals surface area contributed by atoms with Crippen LogP contribution in [-0.4, -0.2) is 23.7 Å². The molecule has 0 radical (unpaired) electrons. The van der Waals surface area contributed by atoms with Gasteiger partial charge in [-0.15, -0.1) is 0 Å². The van der Waals surface area contributed by atoms with Gasteiger partial charge in [-0.1, -0.05) is 0 Å². The smallest absolute Gasteiger partial charge is 0.248 e. The number of aliphatic hydroxyl groups is 1. The van der Waals surface area contributed by atoms with E-state index in [0.29, 0.717) is 0 Å². The molecule has 0 bridgehead atoms. The minimum absolute atomic E-state index is 0.0319. The van der Waals surface area contributed by atoms with Crippen LogP contribution in [0.1, 0.15) is 0 Å². The van der Waals surface area contributed by atoms with Crippen LogP contribution >= 0.6 is 0 Å². The topological polar surface area (TPSA) is 101 Å². The Morgan fingerprint density at radius 2 is 2.12 bits per heavy atom. The monoisotopic (exact) mass is 231 g/mol. The molecule has 1 amide bonds. The van der Waals surface area contributed by atoms with E-state index in [1.807, 2.05) is 0 Å². The molecule has 7 heteroatoms. The Labute approximate surface area is 90.0 Å². The van der Waals surface area contributed by atoms with E-state index in [2.05, 4.69) is 5.32 Å². The number of nitrogens with two attached hydrogens (primary N) is 2. The van der Waals surface area contributed by atoms with E-state index in [1.54, 1.807) is 0 Å².